The molecule has 206 valence electrons. The average molecular weight is 558 g/mol. The van der Waals surface area contributed by atoms with E-state index in [2.05, 4.69) is 15.4 Å². The first-order valence-electron chi connectivity index (χ1n) is 12.5. The van der Waals surface area contributed by atoms with Crippen LogP contribution < -0.4 is 9.62 Å². The number of halogens is 3. The SMILES string of the molecule is Cc1c(-c2cnn(C)c2)ccc2c1N(S(=O)(=O)c1ccc(C(C)(C)C)cc1)CC1C=CC(C(F)(F)F)=NC1N2. The molecule has 3 aromatic rings. The zero-order chi connectivity index (χ0) is 28.3. The van der Waals surface area contributed by atoms with Crippen LogP contribution in [0.1, 0.15) is 31.9 Å². The number of sulfonamides is 1. The Labute approximate surface area is 226 Å². The van der Waals surface area contributed by atoms with Gasteiger partial charge in [-0.05, 0) is 53.3 Å². The van der Waals surface area contributed by atoms with E-state index in [9.17, 15) is 21.6 Å². The van der Waals surface area contributed by atoms with E-state index in [1.165, 1.54) is 10.4 Å². The number of anilines is 2. The van der Waals surface area contributed by atoms with Crippen molar-refractivity contribution in [2.45, 2.75) is 50.3 Å². The van der Waals surface area contributed by atoms with Crippen molar-refractivity contribution in [1.29, 1.82) is 0 Å². The molecule has 0 amide bonds. The summed E-state index contributed by atoms with van der Waals surface area (Å²) in [6, 6.07) is 10.3. The Morgan fingerprint density at radius 3 is 2.33 bits per heavy atom. The quantitative estimate of drug-likeness (QED) is 0.440. The first-order chi connectivity index (χ1) is 18.2. The van der Waals surface area contributed by atoms with Crippen LogP contribution in [-0.2, 0) is 22.5 Å². The van der Waals surface area contributed by atoms with Crippen LogP contribution in [0.3, 0.4) is 0 Å². The van der Waals surface area contributed by atoms with Crippen LogP contribution in [0.15, 0.2) is 70.8 Å². The van der Waals surface area contributed by atoms with Gasteiger partial charge in [-0.25, -0.2) is 8.42 Å². The van der Waals surface area contributed by atoms with E-state index in [1.54, 1.807) is 48.3 Å². The Morgan fingerprint density at radius 1 is 1.05 bits per heavy atom. The summed E-state index contributed by atoms with van der Waals surface area (Å²) < 4.78 is 71.8. The predicted molar refractivity (Wildman–Crippen MR) is 147 cm³/mol. The maximum absolute atomic E-state index is 14.2. The third-order valence-electron chi connectivity index (χ3n) is 7.16. The fourth-order valence-corrected chi connectivity index (χ4v) is 6.58. The van der Waals surface area contributed by atoms with Crippen molar-refractivity contribution in [3.63, 3.8) is 0 Å². The van der Waals surface area contributed by atoms with Gasteiger partial charge < -0.3 is 5.32 Å². The molecule has 39 heavy (non-hydrogen) atoms. The van der Waals surface area contributed by atoms with Crippen molar-refractivity contribution in [1.82, 2.24) is 9.78 Å². The van der Waals surface area contributed by atoms with Crippen LogP contribution >= 0.6 is 0 Å². The minimum atomic E-state index is -4.61. The van der Waals surface area contributed by atoms with Gasteiger partial charge in [-0.15, -0.1) is 0 Å². The molecule has 3 heterocycles. The fraction of sp³-hybridized carbons (Fsp3) is 0.357. The molecule has 2 aliphatic rings. The van der Waals surface area contributed by atoms with Crippen LogP contribution in [0.5, 0.6) is 0 Å². The number of rotatable bonds is 3. The molecule has 0 spiro atoms. The van der Waals surface area contributed by atoms with Crippen LogP contribution in [0, 0.1) is 12.8 Å². The number of alkyl halides is 3. The molecule has 7 nitrogen and oxygen atoms in total. The molecule has 1 N–H and O–H groups in total. The number of aliphatic imine (C=N–C) groups is 1. The molecule has 2 aromatic carbocycles. The van der Waals surface area contributed by atoms with Crippen molar-refractivity contribution in [3.8, 4) is 11.1 Å². The molecule has 2 unspecified atom stereocenters. The largest absolute Gasteiger partial charge is 0.432 e. The summed E-state index contributed by atoms with van der Waals surface area (Å²) in [7, 11) is -2.32. The lowest BCUT2D eigenvalue weighted by Crippen LogP contribution is -2.40. The molecule has 0 radical (unpaired) electrons. The lowest BCUT2D eigenvalue weighted by atomic mass is 9.87. The molecule has 0 saturated carbocycles. The van der Waals surface area contributed by atoms with Crippen molar-refractivity contribution >= 4 is 27.1 Å². The number of hydrogen-bond acceptors (Lipinski definition) is 5. The topological polar surface area (TPSA) is 79.6 Å². The molecule has 0 fully saturated rings. The highest BCUT2D eigenvalue weighted by Gasteiger charge is 2.41. The molecule has 0 saturated heterocycles. The standard InChI is InChI=1S/C28H30F3N5O2S/c1-17-22(19-14-32-35(5)15-19)11-12-23-25(17)36(16-18-6-13-24(28(29,30)31)34-26(18)33-23)39(37,38)21-9-7-20(8-10-21)27(2,3)4/h6-15,18,26,33H,16H2,1-5H3. The zero-order valence-corrected chi connectivity index (χ0v) is 23.1. The van der Waals surface area contributed by atoms with Gasteiger partial charge in [-0.1, -0.05) is 45.0 Å². The second kappa shape index (κ2) is 9.25. The van der Waals surface area contributed by atoms with Gasteiger partial charge >= 0.3 is 6.18 Å². The number of aryl methyl sites for hydroxylation is 1. The van der Waals surface area contributed by atoms with Crippen molar-refractivity contribution < 1.29 is 21.6 Å². The van der Waals surface area contributed by atoms with Gasteiger partial charge in [0.05, 0.1) is 22.5 Å². The minimum Gasteiger partial charge on any atom is -0.362 e. The minimum absolute atomic E-state index is 0.0868. The first kappa shape index (κ1) is 27.0. The fourth-order valence-electron chi connectivity index (χ4n) is 5.00. The Kier molecular flexibility index (Phi) is 6.40. The van der Waals surface area contributed by atoms with Crippen LogP contribution in [0.4, 0.5) is 24.5 Å². The molecule has 2 aliphatic heterocycles. The van der Waals surface area contributed by atoms with Crippen molar-refractivity contribution in [2.75, 3.05) is 16.2 Å². The number of aromatic nitrogens is 2. The summed E-state index contributed by atoms with van der Waals surface area (Å²) in [5.74, 6) is -0.631. The number of fused-ring (bicyclic) bond motifs is 2. The number of allylic oxidation sites excluding steroid dienone is 1. The monoisotopic (exact) mass is 557 g/mol. The number of dihydropyridines is 1. The van der Waals surface area contributed by atoms with E-state index in [0.29, 0.717) is 16.9 Å². The van der Waals surface area contributed by atoms with E-state index in [1.807, 2.05) is 40.0 Å². The van der Waals surface area contributed by atoms with Crippen LogP contribution in [0.25, 0.3) is 11.1 Å². The molecular formula is C28H30F3N5O2S. The number of benzene rings is 2. The highest BCUT2D eigenvalue weighted by atomic mass is 32.2. The number of hydrogen-bond donors (Lipinski definition) is 1. The molecule has 2 atom stereocenters. The summed E-state index contributed by atoms with van der Waals surface area (Å²) in [4.78, 5) is 4.04. The predicted octanol–water partition coefficient (Wildman–Crippen LogP) is 5.83. The van der Waals surface area contributed by atoms with Gasteiger partial charge in [0.25, 0.3) is 10.0 Å². The smallest absolute Gasteiger partial charge is 0.362 e. The van der Waals surface area contributed by atoms with Crippen molar-refractivity contribution in [3.05, 3.63) is 72.1 Å². The summed E-state index contributed by atoms with van der Waals surface area (Å²) >= 11 is 0. The molecule has 1 aromatic heterocycles. The summed E-state index contributed by atoms with van der Waals surface area (Å²) in [5.41, 5.74) is 2.81. The third-order valence-corrected chi connectivity index (χ3v) is 8.94. The van der Waals surface area contributed by atoms with E-state index in [4.69, 9.17) is 0 Å². The summed E-state index contributed by atoms with van der Waals surface area (Å²) in [5, 5.41) is 7.34. The zero-order valence-electron chi connectivity index (χ0n) is 22.3. The Balaban J connectivity index is 1.67. The Morgan fingerprint density at radius 2 is 1.74 bits per heavy atom. The second-order valence-corrected chi connectivity index (χ2v) is 12.8. The lowest BCUT2D eigenvalue weighted by Gasteiger charge is -2.29. The van der Waals surface area contributed by atoms with E-state index < -0.39 is 34.0 Å². The van der Waals surface area contributed by atoms with Gasteiger partial charge in [0.1, 0.15) is 11.9 Å². The van der Waals surface area contributed by atoms with Gasteiger partial charge in [-0.3, -0.25) is 14.0 Å². The van der Waals surface area contributed by atoms with E-state index in [0.717, 1.165) is 22.8 Å². The van der Waals surface area contributed by atoms with E-state index in [-0.39, 0.29) is 16.9 Å². The summed E-state index contributed by atoms with van der Waals surface area (Å²) in [6.45, 7) is 7.85. The Bertz CT molecular complexity index is 1580. The molecule has 5 rings (SSSR count). The highest BCUT2D eigenvalue weighted by molar-refractivity contribution is 7.92. The van der Waals surface area contributed by atoms with Gasteiger partial charge in [0, 0.05) is 31.3 Å². The normalized spacial score (nSPS) is 19.6. The van der Waals surface area contributed by atoms with Crippen LogP contribution in [-0.4, -0.2) is 42.8 Å². The second-order valence-electron chi connectivity index (χ2n) is 11.0. The third kappa shape index (κ3) is 4.95. The average Bonchev–Trinajstić information content (AvgIpc) is 3.20. The number of nitrogens with zero attached hydrogens (tertiary/aromatic N) is 4. The van der Waals surface area contributed by atoms with Crippen LogP contribution in [0.2, 0.25) is 0 Å². The highest BCUT2D eigenvalue weighted by Crippen LogP contribution is 2.43. The van der Waals surface area contributed by atoms with Crippen molar-refractivity contribution in [2.24, 2.45) is 18.0 Å². The number of nitrogens with one attached hydrogen (secondary N) is 1. The Hall–Kier alpha value is -3.60. The molecule has 0 bridgehead atoms. The molecule has 0 aliphatic carbocycles. The van der Waals surface area contributed by atoms with Gasteiger partial charge in [0.2, 0.25) is 0 Å². The maximum atomic E-state index is 14.2. The first-order valence-corrected chi connectivity index (χ1v) is 14.0. The summed E-state index contributed by atoms with van der Waals surface area (Å²) in [6.07, 6.45) is 0.227. The molecule has 11 heteroatoms. The van der Waals surface area contributed by atoms with Gasteiger partial charge in [-0.2, -0.15) is 18.3 Å². The van der Waals surface area contributed by atoms with E-state index >= 15 is 0 Å². The lowest BCUT2D eigenvalue weighted by molar-refractivity contribution is -0.0583. The maximum Gasteiger partial charge on any atom is 0.432 e. The van der Waals surface area contributed by atoms with Gasteiger partial charge in [0.15, 0.2) is 0 Å². The molecular weight excluding hydrogens is 527 g/mol.